The van der Waals surface area contributed by atoms with E-state index in [-0.39, 0.29) is 18.4 Å². The summed E-state index contributed by atoms with van der Waals surface area (Å²) < 4.78 is 5.06. The topological polar surface area (TPSA) is 92.7 Å². The Morgan fingerprint density at radius 3 is 2.62 bits per heavy atom. The maximum atomic E-state index is 12.0. The summed E-state index contributed by atoms with van der Waals surface area (Å²) in [4.78, 5) is 34.1. The molecule has 1 aromatic rings. The van der Waals surface area contributed by atoms with Gasteiger partial charge in [0.15, 0.2) is 0 Å². The van der Waals surface area contributed by atoms with E-state index in [2.05, 4.69) is 26.0 Å². The smallest absolute Gasteiger partial charge is 0.326 e. The lowest BCUT2D eigenvalue weighted by Gasteiger charge is -2.14. The Bertz CT molecular complexity index is 563. The second-order valence-corrected chi connectivity index (χ2v) is 5.37. The molecule has 1 atom stereocenters. The molecule has 0 aliphatic rings. The summed E-state index contributed by atoms with van der Waals surface area (Å²) in [6.07, 6.45) is -0.160. The first-order valence-corrected chi connectivity index (χ1v) is 7.07. The van der Waals surface area contributed by atoms with Crippen LogP contribution in [0.25, 0.3) is 0 Å². The van der Waals surface area contributed by atoms with Crippen molar-refractivity contribution in [1.82, 2.24) is 5.32 Å². The third-order valence-electron chi connectivity index (χ3n) is 2.65. The molecule has 0 heterocycles. The molecule has 0 radical (unpaired) electrons. The molecule has 2 N–H and O–H groups in total. The van der Waals surface area contributed by atoms with Gasteiger partial charge >= 0.3 is 11.9 Å². The molecule has 0 aliphatic heterocycles. The van der Waals surface area contributed by atoms with Crippen LogP contribution < -0.4 is 5.32 Å². The van der Waals surface area contributed by atoms with E-state index in [0.29, 0.717) is 9.50 Å². The Balaban J connectivity index is 2.74. The molecule has 0 fully saturated rings. The zero-order valence-corrected chi connectivity index (χ0v) is 13.4. The Kier molecular flexibility index (Phi) is 6.64. The van der Waals surface area contributed by atoms with E-state index >= 15 is 0 Å². The van der Waals surface area contributed by atoms with Crippen molar-refractivity contribution in [1.29, 1.82) is 0 Å². The Hall–Kier alpha value is -1.60. The maximum absolute atomic E-state index is 12.0. The van der Waals surface area contributed by atoms with Crippen molar-refractivity contribution in [2.45, 2.75) is 18.9 Å². The SMILES string of the molecule is COC(=O)CC[C@@H](NC(=O)c1ccc(Br)c(Cl)c1)C(=O)O. The van der Waals surface area contributed by atoms with Crippen molar-refractivity contribution in [3.05, 3.63) is 33.3 Å². The zero-order valence-electron chi connectivity index (χ0n) is 11.1. The molecule has 1 aromatic carbocycles. The van der Waals surface area contributed by atoms with Crippen molar-refractivity contribution in [2.24, 2.45) is 0 Å². The number of carboxylic acid groups (broad SMARTS) is 1. The molecule has 0 unspecified atom stereocenters. The predicted octanol–water partition coefficient (Wildman–Crippen LogP) is 2.24. The van der Waals surface area contributed by atoms with E-state index in [1.54, 1.807) is 6.07 Å². The van der Waals surface area contributed by atoms with Gasteiger partial charge in [0.2, 0.25) is 0 Å². The number of halogens is 2. The quantitative estimate of drug-likeness (QED) is 0.741. The summed E-state index contributed by atoms with van der Waals surface area (Å²) >= 11 is 9.07. The summed E-state index contributed by atoms with van der Waals surface area (Å²) in [5.74, 6) is -2.35. The third kappa shape index (κ3) is 5.35. The number of rotatable bonds is 6. The van der Waals surface area contributed by atoms with Gasteiger partial charge in [0, 0.05) is 16.5 Å². The molecule has 0 spiro atoms. The summed E-state index contributed by atoms with van der Waals surface area (Å²) in [7, 11) is 1.21. The number of esters is 1. The molecule has 114 valence electrons. The van der Waals surface area contributed by atoms with Crippen LogP contribution in [0.1, 0.15) is 23.2 Å². The minimum atomic E-state index is -1.23. The number of aliphatic carboxylic acids is 1. The highest BCUT2D eigenvalue weighted by atomic mass is 79.9. The zero-order chi connectivity index (χ0) is 16.0. The second kappa shape index (κ2) is 7.99. The van der Waals surface area contributed by atoms with Crippen molar-refractivity contribution < 1.29 is 24.2 Å². The third-order valence-corrected chi connectivity index (χ3v) is 3.88. The van der Waals surface area contributed by atoms with Crippen LogP contribution in [-0.4, -0.2) is 36.1 Å². The number of carbonyl (C=O) groups excluding carboxylic acids is 2. The monoisotopic (exact) mass is 377 g/mol. The molecule has 0 aliphatic carbocycles. The molecule has 21 heavy (non-hydrogen) atoms. The average Bonchev–Trinajstić information content (AvgIpc) is 2.45. The van der Waals surface area contributed by atoms with Crippen LogP contribution in [0.3, 0.4) is 0 Å². The van der Waals surface area contributed by atoms with Gasteiger partial charge in [-0.25, -0.2) is 4.79 Å². The lowest BCUT2D eigenvalue weighted by molar-refractivity contribution is -0.142. The fourth-order valence-corrected chi connectivity index (χ4v) is 1.93. The summed E-state index contributed by atoms with van der Waals surface area (Å²) in [5.41, 5.74) is 0.229. The summed E-state index contributed by atoms with van der Waals surface area (Å²) in [6, 6.07) is 3.32. The van der Waals surface area contributed by atoms with Crippen molar-refractivity contribution in [2.75, 3.05) is 7.11 Å². The number of hydrogen-bond donors (Lipinski definition) is 2. The van der Waals surface area contributed by atoms with E-state index in [9.17, 15) is 14.4 Å². The standard InChI is InChI=1S/C13H13BrClNO5/c1-21-11(17)5-4-10(13(19)20)16-12(18)7-2-3-8(14)9(15)6-7/h2-3,6,10H,4-5H2,1H3,(H,16,18)(H,19,20)/t10-/m1/s1. The normalized spacial score (nSPS) is 11.6. The van der Waals surface area contributed by atoms with E-state index < -0.39 is 23.9 Å². The van der Waals surface area contributed by atoms with Crippen LogP contribution in [0.4, 0.5) is 0 Å². The number of hydrogen-bond acceptors (Lipinski definition) is 4. The van der Waals surface area contributed by atoms with Gasteiger partial charge in [-0.05, 0) is 40.5 Å². The van der Waals surface area contributed by atoms with Gasteiger partial charge in [-0.3, -0.25) is 9.59 Å². The van der Waals surface area contributed by atoms with Crippen LogP contribution in [0, 0.1) is 0 Å². The fraction of sp³-hybridized carbons (Fsp3) is 0.308. The minimum Gasteiger partial charge on any atom is -0.480 e. The fourth-order valence-electron chi connectivity index (χ4n) is 1.50. The highest BCUT2D eigenvalue weighted by molar-refractivity contribution is 9.10. The number of carboxylic acids is 1. The molecule has 1 amide bonds. The van der Waals surface area contributed by atoms with Crippen molar-refractivity contribution >= 4 is 45.4 Å². The van der Waals surface area contributed by atoms with Crippen LogP contribution in [0.15, 0.2) is 22.7 Å². The number of nitrogens with one attached hydrogen (secondary N) is 1. The molecular weight excluding hydrogens is 366 g/mol. The van der Waals surface area contributed by atoms with Crippen LogP contribution in [0.2, 0.25) is 5.02 Å². The highest BCUT2D eigenvalue weighted by Crippen LogP contribution is 2.23. The highest BCUT2D eigenvalue weighted by Gasteiger charge is 2.22. The molecular formula is C13H13BrClNO5. The lowest BCUT2D eigenvalue weighted by atomic mass is 10.1. The van der Waals surface area contributed by atoms with Crippen LogP contribution in [0.5, 0.6) is 0 Å². The second-order valence-electron chi connectivity index (χ2n) is 4.11. The van der Waals surface area contributed by atoms with Gasteiger partial charge in [0.25, 0.3) is 5.91 Å². The predicted molar refractivity (Wildman–Crippen MR) is 79.3 cm³/mol. The first-order chi connectivity index (χ1) is 9.85. The Labute approximate surface area is 134 Å². The van der Waals surface area contributed by atoms with Gasteiger partial charge in [0.1, 0.15) is 6.04 Å². The molecule has 0 bridgehead atoms. The molecule has 0 saturated heterocycles. The van der Waals surface area contributed by atoms with Crippen molar-refractivity contribution in [3.8, 4) is 0 Å². The van der Waals surface area contributed by atoms with Crippen molar-refractivity contribution in [3.63, 3.8) is 0 Å². The summed E-state index contributed by atoms with van der Waals surface area (Å²) in [5, 5.41) is 11.7. The first kappa shape index (κ1) is 17.5. The number of carbonyl (C=O) groups is 3. The van der Waals surface area contributed by atoms with Crippen LogP contribution >= 0.6 is 27.5 Å². The first-order valence-electron chi connectivity index (χ1n) is 5.90. The van der Waals surface area contributed by atoms with Gasteiger partial charge < -0.3 is 15.2 Å². The maximum Gasteiger partial charge on any atom is 0.326 e. The molecule has 0 saturated carbocycles. The molecule has 0 aromatic heterocycles. The lowest BCUT2D eigenvalue weighted by Crippen LogP contribution is -2.41. The van der Waals surface area contributed by atoms with E-state index in [1.165, 1.54) is 19.2 Å². The van der Waals surface area contributed by atoms with E-state index in [0.717, 1.165) is 0 Å². The number of ether oxygens (including phenoxy) is 1. The minimum absolute atomic E-state index is 0.0575. The van der Waals surface area contributed by atoms with Gasteiger partial charge in [-0.15, -0.1) is 0 Å². The number of methoxy groups -OCH3 is 1. The van der Waals surface area contributed by atoms with E-state index in [1.807, 2.05) is 0 Å². The average molecular weight is 379 g/mol. The Morgan fingerprint density at radius 1 is 1.43 bits per heavy atom. The van der Waals surface area contributed by atoms with E-state index in [4.69, 9.17) is 16.7 Å². The van der Waals surface area contributed by atoms with Gasteiger partial charge in [-0.2, -0.15) is 0 Å². The number of amides is 1. The largest absolute Gasteiger partial charge is 0.480 e. The molecule has 1 rings (SSSR count). The molecule has 8 heteroatoms. The van der Waals surface area contributed by atoms with Gasteiger partial charge in [0.05, 0.1) is 12.1 Å². The molecule has 6 nitrogen and oxygen atoms in total. The number of benzene rings is 1. The Morgan fingerprint density at radius 2 is 2.10 bits per heavy atom. The van der Waals surface area contributed by atoms with Crippen LogP contribution in [-0.2, 0) is 14.3 Å². The summed E-state index contributed by atoms with van der Waals surface area (Å²) in [6.45, 7) is 0. The van der Waals surface area contributed by atoms with Gasteiger partial charge in [-0.1, -0.05) is 11.6 Å².